The van der Waals surface area contributed by atoms with Crippen molar-refractivity contribution in [3.05, 3.63) is 47.5 Å². The number of nitrogens with zero attached hydrogens (tertiary/aromatic N) is 5. The number of aromatic nitrogens is 3. The number of hydrogen-bond donors (Lipinski definition) is 0. The number of hydrogen-bond acceptors (Lipinski definition) is 4. The van der Waals surface area contributed by atoms with Crippen LogP contribution in [0, 0.1) is 6.92 Å². The van der Waals surface area contributed by atoms with Crippen molar-refractivity contribution in [1.29, 1.82) is 0 Å². The van der Waals surface area contributed by atoms with Gasteiger partial charge in [-0.05, 0) is 38.0 Å². The molecule has 0 aliphatic carbocycles. The second-order valence-electron chi connectivity index (χ2n) is 7.13. The van der Waals surface area contributed by atoms with Crippen LogP contribution in [-0.4, -0.2) is 50.1 Å². The third-order valence-electron chi connectivity index (χ3n) is 5.19. The van der Waals surface area contributed by atoms with Crippen LogP contribution in [0.25, 0.3) is 0 Å². The molecule has 1 unspecified atom stereocenters. The number of likely N-dealkylation sites (tertiary alicyclic amines) is 1. The first kappa shape index (κ1) is 16.3. The number of pyridine rings is 1. The molecule has 2 aliphatic heterocycles. The van der Waals surface area contributed by atoms with E-state index >= 15 is 0 Å². The predicted octanol–water partition coefficient (Wildman–Crippen LogP) is 2.16. The number of carbonyl (C=O) groups is 1. The molecule has 0 saturated carbocycles. The SMILES string of the molecule is Cc1cccc(CN2Cc3ccnn3C(CCN3CCCC3=O)C2)n1. The fourth-order valence-corrected chi connectivity index (χ4v) is 3.96. The zero-order valence-corrected chi connectivity index (χ0v) is 14.8. The van der Waals surface area contributed by atoms with E-state index in [-0.39, 0.29) is 0 Å². The molecule has 4 rings (SSSR count). The van der Waals surface area contributed by atoms with Crippen LogP contribution >= 0.6 is 0 Å². The molecule has 2 aliphatic rings. The van der Waals surface area contributed by atoms with Gasteiger partial charge in [-0.3, -0.25) is 19.4 Å². The summed E-state index contributed by atoms with van der Waals surface area (Å²) in [5, 5.41) is 4.53. The molecular formula is C19H25N5O. The summed E-state index contributed by atoms with van der Waals surface area (Å²) in [7, 11) is 0. The number of carbonyl (C=O) groups excluding carboxylic acids is 1. The molecule has 1 fully saturated rings. The molecule has 6 heteroatoms. The summed E-state index contributed by atoms with van der Waals surface area (Å²) < 4.78 is 2.15. The maximum Gasteiger partial charge on any atom is 0.222 e. The normalized spacial score (nSPS) is 20.9. The standard InChI is InChI=1S/C19H25N5O/c1-15-4-2-5-16(21-15)12-22-13-17-7-9-20-24(17)18(14-22)8-11-23-10-3-6-19(23)25/h2,4-5,7,9,18H,3,6,8,10-14H2,1H3. The monoisotopic (exact) mass is 339 g/mol. The van der Waals surface area contributed by atoms with Crippen LogP contribution in [0.3, 0.4) is 0 Å². The van der Waals surface area contributed by atoms with E-state index in [0.29, 0.717) is 18.4 Å². The molecule has 4 heterocycles. The highest BCUT2D eigenvalue weighted by molar-refractivity contribution is 5.77. The van der Waals surface area contributed by atoms with E-state index in [9.17, 15) is 4.79 Å². The zero-order valence-electron chi connectivity index (χ0n) is 14.8. The summed E-state index contributed by atoms with van der Waals surface area (Å²) in [6, 6.07) is 8.62. The van der Waals surface area contributed by atoms with Crippen molar-refractivity contribution >= 4 is 5.91 Å². The van der Waals surface area contributed by atoms with Gasteiger partial charge in [-0.25, -0.2) is 0 Å². The molecule has 1 amide bonds. The van der Waals surface area contributed by atoms with Crippen molar-refractivity contribution in [3.8, 4) is 0 Å². The molecule has 0 bridgehead atoms. The average molecular weight is 339 g/mol. The summed E-state index contributed by atoms with van der Waals surface area (Å²) in [5.74, 6) is 0.303. The Kier molecular flexibility index (Phi) is 4.53. The van der Waals surface area contributed by atoms with Crippen LogP contribution in [0.5, 0.6) is 0 Å². The molecule has 1 atom stereocenters. The Labute approximate surface area is 148 Å². The Morgan fingerprint density at radius 2 is 2.20 bits per heavy atom. The van der Waals surface area contributed by atoms with Gasteiger partial charge < -0.3 is 4.90 Å². The highest BCUT2D eigenvalue weighted by Crippen LogP contribution is 2.25. The van der Waals surface area contributed by atoms with Gasteiger partial charge in [0.1, 0.15) is 0 Å². The fourth-order valence-electron chi connectivity index (χ4n) is 3.96. The fraction of sp³-hybridized carbons (Fsp3) is 0.526. The van der Waals surface area contributed by atoms with Gasteiger partial charge in [0.25, 0.3) is 0 Å². The summed E-state index contributed by atoms with van der Waals surface area (Å²) in [4.78, 5) is 20.9. The molecule has 0 radical (unpaired) electrons. The molecule has 0 aromatic carbocycles. The van der Waals surface area contributed by atoms with Crippen molar-refractivity contribution in [2.45, 2.75) is 45.3 Å². The van der Waals surface area contributed by atoms with Crippen LogP contribution < -0.4 is 0 Å². The van der Waals surface area contributed by atoms with Crippen molar-refractivity contribution in [1.82, 2.24) is 24.6 Å². The summed E-state index contributed by atoms with van der Waals surface area (Å²) in [5.41, 5.74) is 3.42. The summed E-state index contributed by atoms with van der Waals surface area (Å²) in [6.07, 6.45) is 4.56. The van der Waals surface area contributed by atoms with Crippen LogP contribution in [0.4, 0.5) is 0 Å². The molecule has 0 N–H and O–H groups in total. The largest absolute Gasteiger partial charge is 0.343 e. The van der Waals surface area contributed by atoms with Crippen molar-refractivity contribution in [2.24, 2.45) is 0 Å². The van der Waals surface area contributed by atoms with Crippen LogP contribution in [0.1, 0.15) is 42.4 Å². The van der Waals surface area contributed by atoms with Gasteiger partial charge >= 0.3 is 0 Å². The average Bonchev–Trinajstić information content (AvgIpc) is 3.21. The van der Waals surface area contributed by atoms with Gasteiger partial charge in [-0.1, -0.05) is 6.07 Å². The van der Waals surface area contributed by atoms with Crippen LogP contribution in [0.2, 0.25) is 0 Å². The van der Waals surface area contributed by atoms with Gasteiger partial charge in [0, 0.05) is 51.0 Å². The lowest BCUT2D eigenvalue weighted by Crippen LogP contribution is -2.39. The Morgan fingerprint density at radius 3 is 3.00 bits per heavy atom. The van der Waals surface area contributed by atoms with E-state index in [1.807, 2.05) is 24.1 Å². The molecule has 0 spiro atoms. The molecular weight excluding hydrogens is 314 g/mol. The van der Waals surface area contributed by atoms with E-state index < -0.39 is 0 Å². The quantitative estimate of drug-likeness (QED) is 0.838. The topological polar surface area (TPSA) is 54.3 Å². The minimum absolute atomic E-state index is 0.303. The molecule has 1 saturated heterocycles. The van der Waals surface area contributed by atoms with Gasteiger partial charge in [0.05, 0.1) is 17.4 Å². The first-order valence-corrected chi connectivity index (χ1v) is 9.14. The van der Waals surface area contributed by atoms with E-state index in [2.05, 4.69) is 37.9 Å². The van der Waals surface area contributed by atoms with E-state index in [1.165, 1.54) is 5.69 Å². The smallest absolute Gasteiger partial charge is 0.222 e. The lowest BCUT2D eigenvalue weighted by Gasteiger charge is -2.34. The van der Waals surface area contributed by atoms with Gasteiger partial charge in [0.2, 0.25) is 5.91 Å². The Hall–Kier alpha value is -2.21. The Bertz CT molecular complexity index is 756. The minimum atomic E-state index is 0.303. The number of fused-ring (bicyclic) bond motifs is 1. The maximum absolute atomic E-state index is 11.9. The maximum atomic E-state index is 11.9. The zero-order chi connectivity index (χ0) is 17.2. The van der Waals surface area contributed by atoms with Gasteiger partial charge in [-0.15, -0.1) is 0 Å². The Morgan fingerprint density at radius 1 is 1.28 bits per heavy atom. The Balaban J connectivity index is 1.44. The van der Waals surface area contributed by atoms with E-state index in [1.54, 1.807) is 0 Å². The van der Waals surface area contributed by atoms with Gasteiger partial charge in [0.15, 0.2) is 0 Å². The molecule has 6 nitrogen and oxygen atoms in total. The highest BCUT2D eigenvalue weighted by atomic mass is 16.2. The van der Waals surface area contributed by atoms with Gasteiger partial charge in [-0.2, -0.15) is 5.10 Å². The number of amides is 1. The number of rotatable bonds is 5. The lowest BCUT2D eigenvalue weighted by atomic mass is 10.1. The third-order valence-corrected chi connectivity index (χ3v) is 5.19. The summed E-state index contributed by atoms with van der Waals surface area (Å²) in [6.45, 7) is 6.48. The highest BCUT2D eigenvalue weighted by Gasteiger charge is 2.27. The molecule has 132 valence electrons. The minimum Gasteiger partial charge on any atom is -0.343 e. The second-order valence-corrected chi connectivity index (χ2v) is 7.13. The molecule has 2 aromatic rings. The van der Waals surface area contributed by atoms with Crippen molar-refractivity contribution < 1.29 is 4.79 Å². The summed E-state index contributed by atoms with van der Waals surface area (Å²) >= 11 is 0. The molecule has 2 aromatic heterocycles. The molecule has 25 heavy (non-hydrogen) atoms. The first-order valence-electron chi connectivity index (χ1n) is 9.14. The predicted molar refractivity (Wildman–Crippen MR) is 94.8 cm³/mol. The van der Waals surface area contributed by atoms with Crippen LogP contribution in [-0.2, 0) is 17.9 Å². The van der Waals surface area contributed by atoms with Crippen molar-refractivity contribution in [2.75, 3.05) is 19.6 Å². The third kappa shape index (κ3) is 3.58. The van der Waals surface area contributed by atoms with Crippen molar-refractivity contribution in [3.63, 3.8) is 0 Å². The second kappa shape index (κ2) is 6.96. The van der Waals surface area contributed by atoms with E-state index in [4.69, 9.17) is 0 Å². The first-order chi connectivity index (χ1) is 12.2. The lowest BCUT2D eigenvalue weighted by molar-refractivity contribution is -0.127. The number of aryl methyl sites for hydroxylation is 1. The van der Waals surface area contributed by atoms with E-state index in [0.717, 1.165) is 57.0 Å². The van der Waals surface area contributed by atoms with Crippen LogP contribution in [0.15, 0.2) is 30.5 Å².